The summed E-state index contributed by atoms with van der Waals surface area (Å²) in [7, 11) is 0. The Labute approximate surface area is 112 Å². The highest BCUT2D eigenvalue weighted by atomic mass is 16.5. The van der Waals surface area contributed by atoms with Gasteiger partial charge >= 0.3 is 11.9 Å². The van der Waals surface area contributed by atoms with Crippen molar-refractivity contribution in [1.29, 1.82) is 0 Å². The number of esters is 2. The molecule has 0 spiro atoms. The first-order chi connectivity index (χ1) is 9.20. The van der Waals surface area contributed by atoms with E-state index in [-0.39, 0.29) is 11.9 Å². The van der Waals surface area contributed by atoms with E-state index >= 15 is 0 Å². The lowest BCUT2D eigenvalue weighted by atomic mass is 9.99. The standard InChI is InChI=1S/C15H18O4/c1-2-11-7-9-18-14(16)12-3-4-13(6-5-12)15(17)19-10-8-11/h3-6,11H,2,7-10H2,1H3. The summed E-state index contributed by atoms with van der Waals surface area (Å²) >= 11 is 0. The summed E-state index contributed by atoms with van der Waals surface area (Å²) in [5.41, 5.74) is 0.924. The number of benzene rings is 1. The van der Waals surface area contributed by atoms with E-state index in [1.54, 1.807) is 24.3 Å². The summed E-state index contributed by atoms with van der Waals surface area (Å²) in [4.78, 5) is 23.5. The molecule has 0 saturated carbocycles. The zero-order chi connectivity index (χ0) is 13.7. The number of carbonyl (C=O) groups excluding carboxylic acids is 2. The molecule has 102 valence electrons. The van der Waals surface area contributed by atoms with Crippen LogP contribution in [0.1, 0.15) is 46.9 Å². The minimum absolute atomic E-state index is 0.339. The van der Waals surface area contributed by atoms with Gasteiger partial charge in [0.2, 0.25) is 0 Å². The van der Waals surface area contributed by atoms with Gasteiger partial charge in [-0.05, 0) is 43.0 Å². The number of ether oxygens (including phenoxy) is 2. The Bertz CT molecular complexity index is 409. The molecule has 2 aliphatic heterocycles. The van der Waals surface area contributed by atoms with Gasteiger partial charge in [-0.25, -0.2) is 9.59 Å². The SMILES string of the molecule is CCC1CCOC(=O)c2ccc(cc2)C(=O)OCC1. The average Bonchev–Trinajstić information content (AvgIpc) is 2.46. The molecule has 3 rings (SSSR count). The van der Waals surface area contributed by atoms with Crippen molar-refractivity contribution in [1.82, 2.24) is 0 Å². The van der Waals surface area contributed by atoms with Crippen LogP contribution in [-0.2, 0) is 9.47 Å². The van der Waals surface area contributed by atoms with Crippen LogP contribution in [0.15, 0.2) is 24.3 Å². The highest BCUT2D eigenvalue weighted by Gasteiger charge is 2.15. The summed E-state index contributed by atoms with van der Waals surface area (Å²) in [6.45, 7) is 2.91. The van der Waals surface area contributed by atoms with E-state index in [9.17, 15) is 9.59 Å². The summed E-state index contributed by atoms with van der Waals surface area (Å²) in [6, 6.07) is 6.37. The maximum atomic E-state index is 11.8. The van der Waals surface area contributed by atoms with E-state index in [1.165, 1.54) is 0 Å². The van der Waals surface area contributed by atoms with Crippen molar-refractivity contribution in [3.05, 3.63) is 35.4 Å². The second-order valence-corrected chi connectivity index (χ2v) is 4.70. The van der Waals surface area contributed by atoms with Crippen molar-refractivity contribution in [3.8, 4) is 0 Å². The monoisotopic (exact) mass is 262 g/mol. The van der Waals surface area contributed by atoms with Crippen molar-refractivity contribution in [3.63, 3.8) is 0 Å². The lowest BCUT2D eigenvalue weighted by Gasteiger charge is -2.14. The van der Waals surface area contributed by atoms with Crippen LogP contribution in [0.3, 0.4) is 0 Å². The van der Waals surface area contributed by atoms with E-state index in [4.69, 9.17) is 9.47 Å². The van der Waals surface area contributed by atoms with Gasteiger partial charge in [0.05, 0.1) is 24.3 Å². The van der Waals surface area contributed by atoms with E-state index in [2.05, 4.69) is 6.92 Å². The molecule has 0 fully saturated rings. The van der Waals surface area contributed by atoms with Crippen molar-refractivity contribution in [2.45, 2.75) is 26.2 Å². The Kier molecular flexibility index (Phi) is 4.55. The van der Waals surface area contributed by atoms with Crippen molar-refractivity contribution < 1.29 is 19.1 Å². The molecule has 4 heteroatoms. The Morgan fingerprint density at radius 2 is 1.37 bits per heavy atom. The quantitative estimate of drug-likeness (QED) is 0.730. The molecular weight excluding hydrogens is 244 g/mol. The first-order valence-corrected chi connectivity index (χ1v) is 6.65. The van der Waals surface area contributed by atoms with Gasteiger partial charge in [-0.3, -0.25) is 0 Å². The van der Waals surface area contributed by atoms with Crippen molar-refractivity contribution in [2.24, 2.45) is 5.92 Å². The van der Waals surface area contributed by atoms with Gasteiger partial charge in [-0.2, -0.15) is 0 Å². The van der Waals surface area contributed by atoms with E-state index in [1.807, 2.05) is 0 Å². The third-order valence-corrected chi connectivity index (χ3v) is 3.45. The zero-order valence-electron chi connectivity index (χ0n) is 11.1. The van der Waals surface area contributed by atoms with Crippen LogP contribution < -0.4 is 0 Å². The molecule has 1 aromatic rings. The summed E-state index contributed by atoms with van der Waals surface area (Å²) in [6.07, 6.45) is 2.59. The van der Waals surface area contributed by atoms with Crippen molar-refractivity contribution in [2.75, 3.05) is 13.2 Å². The Balaban J connectivity index is 2.15. The molecule has 2 heterocycles. The van der Waals surface area contributed by atoms with Crippen LogP contribution in [-0.4, -0.2) is 25.2 Å². The Morgan fingerprint density at radius 1 is 0.947 bits per heavy atom. The van der Waals surface area contributed by atoms with E-state index in [0.717, 1.165) is 19.3 Å². The molecule has 0 saturated heterocycles. The van der Waals surface area contributed by atoms with Crippen LogP contribution in [0.5, 0.6) is 0 Å². The molecule has 0 aromatic heterocycles. The van der Waals surface area contributed by atoms with Gasteiger partial charge in [0.15, 0.2) is 0 Å². The summed E-state index contributed by atoms with van der Waals surface area (Å²) in [5.74, 6) is -0.266. The third-order valence-electron chi connectivity index (χ3n) is 3.45. The molecule has 0 unspecified atom stereocenters. The van der Waals surface area contributed by atoms with Crippen LogP contribution in [0.25, 0.3) is 0 Å². The van der Waals surface area contributed by atoms with Crippen molar-refractivity contribution >= 4 is 11.9 Å². The number of hydrogen-bond acceptors (Lipinski definition) is 4. The fourth-order valence-corrected chi connectivity index (χ4v) is 2.10. The summed E-state index contributed by atoms with van der Waals surface area (Å²) < 4.78 is 10.5. The Morgan fingerprint density at radius 3 is 1.74 bits per heavy atom. The zero-order valence-corrected chi connectivity index (χ0v) is 11.1. The molecule has 2 bridgehead atoms. The van der Waals surface area contributed by atoms with Crippen LogP contribution in [0.4, 0.5) is 0 Å². The fourth-order valence-electron chi connectivity index (χ4n) is 2.10. The predicted molar refractivity (Wildman–Crippen MR) is 70.0 cm³/mol. The fraction of sp³-hybridized carbons (Fsp3) is 0.467. The van der Waals surface area contributed by atoms with E-state index in [0.29, 0.717) is 30.3 Å². The molecule has 2 aliphatic rings. The number of carbonyl (C=O) groups is 2. The Hall–Kier alpha value is -1.84. The lowest BCUT2D eigenvalue weighted by Crippen LogP contribution is -2.12. The van der Waals surface area contributed by atoms with Gasteiger partial charge in [0, 0.05) is 0 Å². The highest BCUT2D eigenvalue weighted by molar-refractivity contribution is 5.93. The molecule has 0 amide bonds. The van der Waals surface area contributed by atoms with E-state index < -0.39 is 0 Å². The molecule has 0 aliphatic carbocycles. The number of fused-ring (bicyclic) bond motifs is 10. The second-order valence-electron chi connectivity index (χ2n) is 4.70. The second kappa shape index (κ2) is 6.36. The molecule has 19 heavy (non-hydrogen) atoms. The molecule has 0 N–H and O–H groups in total. The summed E-state index contributed by atoms with van der Waals surface area (Å²) in [5, 5.41) is 0. The minimum Gasteiger partial charge on any atom is -0.462 e. The first-order valence-electron chi connectivity index (χ1n) is 6.65. The van der Waals surface area contributed by atoms with Crippen LogP contribution in [0, 0.1) is 5.92 Å². The smallest absolute Gasteiger partial charge is 0.338 e. The maximum Gasteiger partial charge on any atom is 0.338 e. The molecule has 0 atom stereocenters. The average molecular weight is 262 g/mol. The van der Waals surface area contributed by atoms with Crippen LogP contribution in [0.2, 0.25) is 0 Å². The molecular formula is C15H18O4. The van der Waals surface area contributed by atoms with Gasteiger partial charge in [-0.15, -0.1) is 0 Å². The highest BCUT2D eigenvalue weighted by Crippen LogP contribution is 2.16. The van der Waals surface area contributed by atoms with Crippen LogP contribution >= 0.6 is 0 Å². The number of hydrogen-bond donors (Lipinski definition) is 0. The topological polar surface area (TPSA) is 52.6 Å². The molecule has 4 nitrogen and oxygen atoms in total. The molecule has 1 aromatic carbocycles. The van der Waals surface area contributed by atoms with Gasteiger partial charge in [-0.1, -0.05) is 13.3 Å². The predicted octanol–water partition coefficient (Wildman–Crippen LogP) is 2.82. The minimum atomic E-state index is -0.339. The third kappa shape index (κ3) is 3.56. The first kappa shape index (κ1) is 13.6. The number of rotatable bonds is 1. The van der Waals surface area contributed by atoms with Gasteiger partial charge in [0.1, 0.15) is 0 Å². The van der Waals surface area contributed by atoms with Gasteiger partial charge < -0.3 is 9.47 Å². The maximum absolute atomic E-state index is 11.8. The largest absolute Gasteiger partial charge is 0.462 e. The lowest BCUT2D eigenvalue weighted by molar-refractivity contribution is 0.0447. The van der Waals surface area contributed by atoms with Gasteiger partial charge in [0.25, 0.3) is 0 Å². The molecule has 0 radical (unpaired) electrons. The normalized spacial score (nSPS) is 17.9.